The number of halogens is 3. The van der Waals surface area contributed by atoms with Crippen LogP contribution in [0.2, 0.25) is 15.1 Å². The molecule has 0 aliphatic carbocycles. The Kier molecular flexibility index (Phi) is 5.47. The quantitative estimate of drug-likeness (QED) is 0.305. The van der Waals surface area contributed by atoms with E-state index >= 15 is 0 Å². The third-order valence-electron chi connectivity index (χ3n) is 5.16. The molecule has 32 heavy (non-hydrogen) atoms. The summed E-state index contributed by atoms with van der Waals surface area (Å²) in [6, 6.07) is 22.2. The molecule has 0 radical (unpaired) electrons. The van der Waals surface area contributed by atoms with E-state index in [-0.39, 0.29) is 5.69 Å². The topological polar surface area (TPSA) is 52.2 Å². The Morgan fingerprint density at radius 2 is 1.44 bits per heavy atom. The first-order valence-corrected chi connectivity index (χ1v) is 10.9. The number of aromatic nitrogens is 4. The molecule has 8 heteroatoms. The summed E-state index contributed by atoms with van der Waals surface area (Å²) < 4.78 is 2.70. The smallest absolute Gasteiger partial charge is 0.244 e. The maximum atomic E-state index is 13.1. The zero-order valence-corrected chi connectivity index (χ0v) is 18.8. The van der Waals surface area contributed by atoms with E-state index in [1.807, 2.05) is 48.5 Å². The SMILES string of the molecule is O=c1n(Cc2ccc(Cl)cc2)nc2c(-c3ccc(Cl)cc3)c(-c3ccccc3Cl)cnn12. The number of fused-ring (bicyclic) bond motifs is 1. The second kappa shape index (κ2) is 8.43. The van der Waals surface area contributed by atoms with Gasteiger partial charge in [-0.15, -0.1) is 5.10 Å². The molecule has 3 aromatic carbocycles. The van der Waals surface area contributed by atoms with Gasteiger partial charge in [0, 0.05) is 31.8 Å². The fraction of sp³-hybridized carbons (Fsp3) is 0.0417. The van der Waals surface area contributed by atoms with Crippen LogP contribution in [0, 0.1) is 0 Å². The number of rotatable bonds is 4. The predicted molar refractivity (Wildman–Crippen MR) is 129 cm³/mol. The molecule has 0 atom stereocenters. The van der Waals surface area contributed by atoms with Gasteiger partial charge in [0.2, 0.25) is 0 Å². The Labute approximate surface area is 198 Å². The first-order chi connectivity index (χ1) is 15.5. The van der Waals surface area contributed by atoms with Gasteiger partial charge in [0.1, 0.15) is 0 Å². The zero-order valence-electron chi connectivity index (χ0n) is 16.5. The molecule has 5 aromatic rings. The van der Waals surface area contributed by atoms with Crippen molar-refractivity contribution in [3.05, 3.63) is 110 Å². The highest BCUT2D eigenvalue weighted by Gasteiger charge is 2.20. The molecule has 158 valence electrons. The van der Waals surface area contributed by atoms with Crippen LogP contribution in [0.15, 0.2) is 83.8 Å². The summed E-state index contributed by atoms with van der Waals surface area (Å²) >= 11 is 18.6. The van der Waals surface area contributed by atoms with E-state index in [1.165, 1.54) is 9.20 Å². The summed E-state index contributed by atoms with van der Waals surface area (Å²) in [6.45, 7) is 0.293. The van der Waals surface area contributed by atoms with Crippen molar-refractivity contribution in [2.24, 2.45) is 0 Å². The molecule has 5 rings (SSSR count). The van der Waals surface area contributed by atoms with Crippen LogP contribution in [0.4, 0.5) is 0 Å². The van der Waals surface area contributed by atoms with Crippen molar-refractivity contribution in [3.63, 3.8) is 0 Å². The molecule has 0 saturated carbocycles. The molecule has 2 heterocycles. The van der Waals surface area contributed by atoms with E-state index in [0.29, 0.717) is 27.3 Å². The average Bonchev–Trinajstić information content (AvgIpc) is 3.11. The first-order valence-electron chi connectivity index (χ1n) is 9.75. The lowest BCUT2D eigenvalue weighted by Gasteiger charge is -2.12. The Morgan fingerprint density at radius 1 is 0.781 bits per heavy atom. The molecular formula is C24H15Cl3N4O. The number of hydrogen-bond acceptors (Lipinski definition) is 3. The Balaban J connectivity index is 1.75. The highest BCUT2D eigenvalue weighted by molar-refractivity contribution is 6.33. The molecule has 5 nitrogen and oxygen atoms in total. The van der Waals surface area contributed by atoms with E-state index in [1.54, 1.807) is 30.5 Å². The van der Waals surface area contributed by atoms with Crippen LogP contribution in [0.3, 0.4) is 0 Å². The average molecular weight is 482 g/mol. The minimum atomic E-state index is -0.337. The van der Waals surface area contributed by atoms with E-state index in [4.69, 9.17) is 34.8 Å². The van der Waals surface area contributed by atoms with Gasteiger partial charge in [-0.2, -0.15) is 9.61 Å². The fourth-order valence-corrected chi connectivity index (χ4v) is 4.10. The molecule has 2 aromatic heterocycles. The maximum absolute atomic E-state index is 13.1. The molecule has 0 N–H and O–H groups in total. The lowest BCUT2D eigenvalue weighted by molar-refractivity contribution is 0.650. The van der Waals surface area contributed by atoms with Crippen LogP contribution in [-0.4, -0.2) is 19.4 Å². The maximum Gasteiger partial charge on any atom is 0.367 e. The summed E-state index contributed by atoms with van der Waals surface area (Å²) in [6.07, 6.45) is 1.65. The second-order valence-electron chi connectivity index (χ2n) is 7.22. The molecule has 0 aliphatic rings. The summed E-state index contributed by atoms with van der Waals surface area (Å²) in [5.41, 5.74) is 4.17. The van der Waals surface area contributed by atoms with Gasteiger partial charge in [0.25, 0.3) is 0 Å². The van der Waals surface area contributed by atoms with Gasteiger partial charge in [-0.1, -0.05) is 77.3 Å². The monoisotopic (exact) mass is 480 g/mol. The molecular weight excluding hydrogens is 467 g/mol. The second-order valence-corrected chi connectivity index (χ2v) is 8.50. The highest BCUT2D eigenvalue weighted by atomic mass is 35.5. The Morgan fingerprint density at radius 3 is 2.12 bits per heavy atom. The molecule has 0 unspecified atom stereocenters. The van der Waals surface area contributed by atoms with Crippen molar-refractivity contribution >= 4 is 40.4 Å². The van der Waals surface area contributed by atoms with Gasteiger partial charge in [-0.05, 0) is 41.5 Å². The largest absolute Gasteiger partial charge is 0.367 e. The van der Waals surface area contributed by atoms with E-state index < -0.39 is 0 Å². The van der Waals surface area contributed by atoms with Crippen LogP contribution in [0.1, 0.15) is 5.56 Å². The van der Waals surface area contributed by atoms with Crippen LogP contribution in [-0.2, 0) is 6.54 Å². The third-order valence-corrected chi connectivity index (χ3v) is 5.99. The van der Waals surface area contributed by atoms with Crippen LogP contribution in [0.25, 0.3) is 27.9 Å². The molecule has 0 amide bonds. The normalized spacial score (nSPS) is 11.2. The number of hydrogen-bond donors (Lipinski definition) is 0. The van der Waals surface area contributed by atoms with Crippen LogP contribution >= 0.6 is 34.8 Å². The molecule has 0 spiro atoms. The lowest BCUT2D eigenvalue weighted by atomic mass is 9.97. The predicted octanol–water partition coefficient (Wildman–Crippen LogP) is 6.23. The van der Waals surface area contributed by atoms with E-state index in [9.17, 15) is 4.79 Å². The van der Waals surface area contributed by atoms with E-state index in [2.05, 4.69) is 10.2 Å². The number of nitrogens with zero attached hydrogens (tertiary/aromatic N) is 4. The van der Waals surface area contributed by atoms with Gasteiger partial charge in [-0.25, -0.2) is 9.48 Å². The van der Waals surface area contributed by atoms with Crippen molar-refractivity contribution in [1.82, 2.24) is 19.4 Å². The van der Waals surface area contributed by atoms with Gasteiger partial charge in [0.05, 0.1) is 12.7 Å². The summed E-state index contributed by atoms with van der Waals surface area (Å²) in [4.78, 5) is 13.1. The van der Waals surface area contributed by atoms with Crippen molar-refractivity contribution in [3.8, 4) is 22.3 Å². The Bertz CT molecular complexity index is 1490. The van der Waals surface area contributed by atoms with Crippen LogP contribution in [0.5, 0.6) is 0 Å². The Hall–Kier alpha value is -3.12. The van der Waals surface area contributed by atoms with Gasteiger partial charge in [-0.3, -0.25) is 0 Å². The highest BCUT2D eigenvalue weighted by Crippen LogP contribution is 2.37. The fourth-order valence-electron chi connectivity index (χ4n) is 3.61. The summed E-state index contributed by atoms with van der Waals surface area (Å²) in [7, 11) is 0. The molecule has 0 fully saturated rings. The van der Waals surface area contributed by atoms with Crippen molar-refractivity contribution in [1.29, 1.82) is 0 Å². The van der Waals surface area contributed by atoms with E-state index in [0.717, 1.165) is 27.8 Å². The van der Waals surface area contributed by atoms with Gasteiger partial charge in [0.15, 0.2) is 5.65 Å². The minimum Gasteiger partial charge on any atom is -0.244 e. The first kappa shape index (κ1) is 20.8. The number of benzene rings is 3. The zero-order chi connectivity index (χ0) is 22.2. The molecule has 0 aliphatic heterocycles. The van der Waals surface area contributed by atoms with Crippen LogP contribution < -0.4 is 5.69 Å². The van der Waals surface area contributed by atoms with Crippen molar-refractivity contribution in [2.45, 2.75) is 6.54 Å². The van der Waals surface area contributed by atoms with Gasteiger partial charge >= 0.3 is 5.69 Å². The standard InChI is InChI=1S/C24H15Cl3N4O/c25-17-9-5-15(6-10-17)14-30-24(32)31-23(29-30)22(16-7-11-18(26)12-8-16)20(13-28-31)19-3-1-2-4-21(19)27/h1-13H,14H2. The summed E-state index contributed by atoms with van der Waals surface area (Å²) in [5, 5.41) is 10.9. The van der Waals surface area contributed by atoms with Crippen molar-refractivity contribution < 1.29 is 0 Å². The molecule has 0 bridgehead atoms. The molecule has 0 saturated heterocycles. The lowest BCUT2D eigenvalue weighted by Crippen LogP contribution is -2.22. The third kappa shape index (κ3) is 3.79. The van der Waals surface area contributed by atoms with Crippen molar-refractivity contribution in [2.75, 3.05) is 0 Å². The summed E-state index contributed by atoms with van der Waals surface area (Å²) in [5.74, 6) is 0. The minimum absolute atomic E-state index is 0.293. The van der Waals surface area contributed by atoms with Gasteiger partial charge < -0.3 is 0 Å².